The Morgan fingerprint density at radius 3 is 2.74 bits per heavy atom. The molecule has 5 rings (SSSR count). The summed E-state index contributed by atoms with van der Waals surface area (Å²) in [5, 5.41) is 22.8. The average Bonchev–Trinajstić information content (AvgIpc) is 3.40. The van der Waals surface area contributed by atoms with E-state index in [2.05, 4.69) is 25.3 Å². The largest absolute Gasteiger partial charge is 0.504 e. The third kappa shape index (κ3) is 2.11. The second-order valence-corrected chi connectivity index (χ2v) is 9.10. The van der Waals surface area contributed by atoms with Crippen LogP contribution >= 0.6 is 0 Å². The number of phenolic OH excluding ortho intramolecular Hbond substituents is 1. The van der Waals surface area contributed by atoms with Crippen molar-refractivity contribution in [3.63, 3.8) is 0 Å². The molecule has 1 heterocycles. The van der Waals surface area contributed by atoms with Gasteiger partial charge in [-0.2, -0.15) is 0 Å². The van der Waals surface area contributed by atoms with Gasteiger partial charge in [-0.05, 0) is 68.2 Å². The number of hydrogen-bond acceptors (Lipinski definition) is 4. The van der Waals surface area contributed by atoms with Crippen molar-refractivity contribution in [2.24, 2.45) is 5.92 Å². The molecule has 4 unspecified atom stereocenters. The molecule has 0 bridgehead atoms. The van der Waals surface area contributed by atoms with E-state index in [0.717, 1.165) is 55.8 Å². The van der Waals surface area contributed by atoms with Crippen LogP contribution in [0.2, 0.25) is 0 Å². The number of aliphatic hydroxyl groups is 1. The Balaban J connectivity index is 1.71. The van der Waals surface area contributed by atoms with Crippen LogP contribution in [0, 0.1) is 5.92 Å². The summed E-state index contributed by atoms with van der Waals surface area (Å²) in [6.07, 6.45) is 5.50. The van der Waals surface area contributed by atoms with Gasteiger partial charge in [0.15, 0.2) is 11.5 Å². The van der Waals surface area contributed by atoms with E-state index in [1.54, 1.807) is 6.07 Å². The number of likely N-dealkylation sites (N-methyl/N-ethyl adjacent to an activating group) is 1. The molecular weight excluding hydrogens is 338 g/mol. The minimum atomic E-state index is -0.857. The number of hydrogen-bond donors (Lipinski definition) is 2. The molecule has 1 aromatic carbocycles. The maximum Gasteiger partial charge on any atom is 0.166 e. The van der Waals surface area contributed by atoms with Crippen molar-refractivity contribution in [3.05, 3.63) is 35.4 Å². The van der Waals surface area contributed by atoms with Gasteiger partial charge in [0.2, 0.25) is 0 Å². The van der Waals surface area contributed by atoms with Crippen molar-refractivity contribution in [2.75, 3.05) is 13.1 Å². The van der Waals surface area contributed by atoms with E-state index in [4.69, 9.17) is 4.74 Å². The van der Waals surface area contributed by atoms with E-state index in [1.807, 2.05) is 6.07 Å². The number of benzene rings is 1. The summed E-state index contributed by atoms with van der Waals surface area (Å²) < 4.78 is 6.33. The molecule has 3 aliphatic carbocycles. The van der Waals surface area contributed by atoms with Crippen molar-refractivity contribution in [1.82, 2.24) is 4.90 Å². The molecule has 0 saturated heterocycles. The van der Waals surface area contributed by atoms with E-state index in [9.17, 15) is 10.2 Å². The lowest BCUT2D eigenvalue weighted by molar-refractivity contribution is -0.146. The molecule has 1 aromatic rings. The fourth-order valence-electron chi connectivity index (χ4n) is 6.37. The van der Waals surface area contributed by atoms with Crippen LogP contribution in [-0.4, -0.2) is 45.9 Å². The number of phenols is 1. The Kier molecular flexibility index (Phi) is 3.74. The monoisotopic (exact) mass is 369 g/mol. The first-order valence-electron chi connectivity index (χ1n) is 10.6. The summed E-state index contributed by atoms with van der Waals surface area (Å²) in [6, 6.07) is 3.90. The van der Waals surface area contributed by atoms with Gasteiger partial charge in [-0.15, -0.1) is 0 Å². The van der Waals surface area contributed by atoms with Crippen molar-refractivity contribution < 1.29 is 14.9 Å². The molecule has 0 amide bonds. The number of rotatable bonds is 5. The summed E-state index contributed by atoms with van der Waals surface area (Å²) in [6.45, 7) is 10.7. The number of ether oxygens (including phenoxy) is 1. The Hall–Kier alpha value is -1.52. The summed E-state index contributed by atoms with van der Waals surface area (Å²) >= 11 is 0. The SMILES string of the molecule is C=C1CCC2(O)C(N(CC)CC3CC3)Cc3ccc(O)c4c3C2(CC)C1O4. The zero-order chi connectivity index (χ0) is 19.0. The van der Waals surface area contributed by atoms with Gasteiger partial charge in [-0.1, -0.05) is 26.5 Å². The Labute approximate surface area is 161 Å². The van der Waals surface area contributed by atoms with E-state index < -0.39 is 11.0 Å². The third-order valence-electron chi connectivity index (χ3n) is 7.88. The molecule has 27 heavy (non-hydrogen) atoms. The highest BCUT2D eigenvalue weighted by Gasteiger charge is 2.69. The Bertz CT molecular complexity index is 801. The van der Waals surface area contributed by atoms with Crippen molar-refractivity contribution in [3.8, 4) is 11.5 Å². The average molecular weight is 370 g/mol. The number of nitrogens with zero attached hydrogens (tertiary/aromatic N) is 1. The van der Waals surface area contributed by atoms with Gasteiger partial charge in [-0.25, -0.2) is 0 Å². The van der Waals surface area contributed by atoms with Gasteiger partial charge in [-0.3, -0.25) is 4.90 Å². The van der Waals surface area contributed by atoms with Crippen LogP contribution in [0.4, 0.5) is 0 Å². The van der Waals surface area contributed by atoms with Crippen LogP contribution in [-0.2, 0) is 11.8 Å². The first kappa shape index (κ1) is 17.6. The zero-order valence-electron chi connectivity index (χ0n) is 16.5. The van der Waals surface area contributed by atoms with Crippen LogP contribution in [0.25, 0.3) is 0 Å². The van der Waals surface area contributed by atoms with E-state index in [1.165, 1.54) is 18.4 Å². The van der Waals surface area contributed by atoms with Crippen molar-refractivity contribution in [1.29, 1.82) is 0 Å². The van der Waals surface area contributed by atoms with Crippen LogP contribution in [0.3, 0.4) is 0 Å². The van der Waals surface area contributed by atoms with Gasteiger partial charge >= 0.3 is 0 Å². The van der Waals surface area contributed by atoms with Crippen LogP contribution in [0.15, 0.2) is 24.3 Å². The van der Waals surface area contributed by atoms with Gasteiger partial charge in [0.1, 0.15) is 6.10 Å². The highest BCUT2D eigenvalue weighted by Crippen LogP contribution is 2.64. The lowest BCUT2D eigenvalue weighted by Gasteiger charge is -2.59. The van der Waals surface area contributed by atoms with Gasteiger partial charge in [0.25, 0.3) is 0 Å². The van der Waals surface area contributed by atoms with E-state index in [-0.39, 0.29) is 17.9 Å². The molecule has 1 aliphatic heterocycles. The second kappa shape index (κ2) is 5.74. The van der Waals surface area contributed by atoms with Crippen LogP contribution < -0.4 is 4.74 Å². The Morgan fingerprint density at radius 2 is 2.07 bits per heavy atom. The summed E-state index contributed by atoms with van der Waals surface area (Å²) in [5.41, 5.74) is 1.97. The fraction of sp³-hybridized carbons (Fsp3) is 0.652. The van der Waals surface area contributed by atoms with Gasteiger partial charge < -0.3 is 14.9 Å². The van der Waals surface area contributed by atoms with E-state index >= 15 is 0 Å². The Morgan fingerprint density at radius 1 is 1.30 bits per heavy atom. The minimum Gasteiger partial charge on any atom is -0.504 e. The lowest BCUT2D eigenvalue weighted by Crippen LogP contribution is -2.71. The first-order valence-corrected chi connectivity index (χ1v) is 10.6. The van der Waals surface area contributed by atoms with E-state index in [0.29, 0.717) is 5.75 Å². The molecule has 2 N–H and O–H groups in total. The zero-order valence-corrected chi connectivity index (χ0v) is 16.5. The predicted molar refractivity (Wildman–Crippen MR) is 105 cm³/mol. The second-order valence-electron chi connectivity index (χ2n) is 9.10. The van der Waals surface area contributed by atoms with Gasteiger partial charge in [0.05, 0.1) is 11.0 Å². The minimum absolute atomic E-state index is 0.0882. The van der Waals surface area contributed by atoms with Crippen LogP contribution in [0.5, 0.6) is 11.5 Å². The quantitative estimate of drug-likeness (QED) is 0.780. The molecule has 0 aromatic heterocycles. The van der Waals surface area contributed by atoms with Crippen molar-refractivity contribution >= 4 is 0 Å². The maximum atomic E-state index is 12.4. The molecule has 4 aliphatic rings. The van der Waals surface area contributed by atoms with Crippen LogP contribution in [0.1, 0.15) is 57.1 Å². The normalized spacial score (nSPS) is 36.7. The molecule has 146 valence electrons. The van der Waals surface area contributed by atoms with Crippen molar-refractivity contribution in [2.45, 2.75) is 75.5 Å². The van der Waals surface area contributed by atoms with Gasteiger partial charge in [0, 0.05) is 18.2 Å². The smallest absolute Gasteiger partial charge is 0.166 e. The summed E-state index contributed by atoms with van der Waals surface area (Å²) in [5.74, 6) is 1.57. The standard InChI is InChI=1S/C23H31NO3/c1-4-22-19-16-8-9-17(25)20(19)27-21(22)14(3)10-11-23(22,26)18(12-16)24(5-2)13-15-6-7-15/h8-9,15,18,21,25-26H,3-7,10-13H2,1-2H3. The molecule has 2 fully saturated rings. The maximum absolute atomic E-state index is 12.4. The molecule has 0 spiro atoms. The molecular formula is C23H31NO3. The molecule has 4 atom stereocenters. The fourth-order valence-corrected chi connectivity index (χ4v) is 6.37. The number of aromatic hydroxyl groups is 1. The topological polar surface area (TPSA) is 52.9 Å². The molecule has 2 saturated carbocycles. The molecule has 4 nitrogen and oxygen atoms in total. The summed E-state index contributed by atoms with van der Waals surface area (Å²) in [4.78, 5) is 2.52. The predicted octanol–water partition coefficient (Wildman–Crippen LogP) is 3.54. The lowest BCUT2D eigenvalue weighted by atomic mass is 9.50. The first-order chi connectivity index (χ1) is 13.0. The molecule has 4 heteroatoms. The molecule has 0 radical (unpaired) electrons. The highest BCUT2D eigenvalue weighted by molar-refractivity contribution is 5.63. The highest BCUT2D eigenvalue weighted by atomic mass is 16.5. The third-order valence-corrected chi connectivity index (χ3v) is 7.88. The summed E-state index contributed by atoms with van der Waals surface area (Å²) in [7, 11) is 0.